The molecule has 6 heteroatoms. The van der Waals surface area contributed by atoms with Gasteiger partial charge in [0.15, 0.2) is 0 Å². The van der Waals surface area contributed by atoms with Crippen LogP contribution >= 0.6 is 11.3 Å². The van der Waals surface area contributed by atoms with Crippen LogP contribution in [0.4, 0.5) is 0 Å². The van der Waals surface area contributed by atoms with Crippen LogP contribution in [-0.2, 0) is 11.3 Å². The molecule has 2 aromatic rings. The van der Waals surface area contributed by atoms with Gasteiger partial charge < -0.3 is 10.6 Å². The number of hydrogen-bond acceptors (Lipinski definition) is 4. The van der Waals surface area contributed by atoms with Gasteiger partial charge in [-0.1, -0.05) is 24.3 Å². The number of aryl methyl sites for hydroxylation is 1. The topological polar surface area (TPSA) is 61.4 Å². The van der Waals surface area contributed by atoms with Crippen molar-refractivity contribution >= 4 is 23.2 Å². The van der Waals surface area contributed by atoms with Crippen LogP contribution in [0.15, 0.2) is 41.8 Å². The lowest BCUT2D eigenvalue weighted by Gasteiger charge is -2.31. The number of amides is 2. The molecule has 3 rings (SSSR count). The summed E-state index contributed by atoms with van der Waals surface area (Å²) < 4.78 is 0. The number of rotatable bonds is 7. The van der Waals surface area contributed by atoms with E-state index in [9.17, 15) is 9.59 Å². The molecule has 0 saturated carbocycles. The highest BCUT2D eigenvalue weighted by atomic mass is 32.1. The predicted molar refractivity (Wildman–Crippen MR) is 109 cm³/mol. The van der Waals surface area contributed by atoms with Gasteiger partial charge in [-0.3, -0.25) is 14.5 Å². The van der Waals surface area contributed by atoms with Crippen molar-refractivity contribution < 1.29 is 9.59 Å². The summed E-state index contributed by atoms with van der Waals surface area (Å²) in [6.07, 6.45) is 2.20. The Morgan fingerprint density at radius 3 is 2.59 bits per heavy atom. The summed E-state index contributed by atoms with van der Waals surface area (Å²) in [4.78, 5) is 28.1. The quantitative estimate of drug-likeness (QED) is 0.770. The van der Waals surface area contributed by atoms with Crippen LogP contribution in [0, 0.1) is 12.8 Å². The van der Waals surface area contributed by atoms with E-state index in [1.165, 1.54) is 4.88 Å². The van der Waals surface area contributed by atoms with Gasteiger partial charge in [-0.05, 0) is 61.8 Å². The van der Waals surface area contributed by atoms with Gasteiger partial charge in [-0.25, -0.2) is 0 Å². The zero-order chi connectivity index (χ0) is 19.1. The van der Waals surface area contributed by atoms with Gasteiger partial charge in [0, 0.05) is 23.5 Å². The Balaban J connectivity index is 1.33. The molecule has 27 heavy (non-hydrogen) atoms. The summed E-state index contributed by atoms with van der Waals surface area (Å²) in [6.45, 7) is 5.77. The standard InChI is InChI=1S/C21H27N3O2S/c1-16-5-2-3-7-19(16)21(26)23-14-20(25)22-13-17-8-10-24(11-9-17)15-18-6-4-12-27-18/h2-7,12,17H,8-11,13-15H2,1H3,(H,22,25)(H,23,26). The second-order valence-corrected chi connectivity index (χ2v) is 8.13. The zero-order valence-electron chi connectivity index (χ0n) is 15.7. The summed E-state index contributed by atoms with van der Waals surface area (Å²) in [5, 5.41) is 7.79. The van der Waals surface area contributed by atoms with Crippen molar-refractivity contribution in [2.45, 2.75) is 26.3 Å². The molecule has 0 bridgehead atoms. The van der Waals surface area contributed by atoms with E-state index >= 15 is 0 Å². The molecule has 1 aliphatic rings. The highest BCUT2D eigenvalue weighted by Gasteiger charge is 2.20. The fourth-order valence-electron chi connectivity index (χ4n) is 3.38. The second kappa shape index (κ2) is 9.67. The Hall–Kier alpha value is -2.18. The molecule has 0 atom stereocenters. The van der Waals surface area contributed by atoms with Crippen LogP contribution in [0.3, 0.4) is 0 Å². The van der Waals surface area contributed by atoms with Crippen LogP contribution in [0.1, 0.15) is 33.6 Å². The predicted octanol–water partition coefficient (Wildman–Crippen LogP) is 2.81. The monoisotopic (exact) mass is 385 g/mol. The lowest BCUT2D eigenvalue weighted by Crippen LogP contribution is -2.41. The van der Waals surface area contributed by atoms with Crippen molar-refractivity contribution in [1.82, 2.24) is 15.5 Å². The third-order valence-corrected chi connectivity index (χ3v) is 5.91. The molecular weight excluding hydrogens is 358 g/mol. The minimum Gasteiger partial charge on any atom is -0.354 e. The van der Waals surface area contributed by atoms with Gasteiger partial charge in [0.1, 0.15) is 0 Å². The second-order valence-electron chi connectivity index (χ2n) is 7.10. The molecule has 5 nitrogen and oxygen atoms in total. The van der Waals surface area contributed by atoms with E-state index in [0.29, 0.717) is 18.0 Å². The Kier molecular flexibility index (Phi) is 7.01. The number of nitrogens with zero attached hydrogens (tertiary/aromatic N) is 1. The number of carbonyl (C=O) groups is 2. The Labute approximate surface area is 164 Å². The summed E-state index contributed by atoms with van der Waals surface area (Å²) in [6, 6.07) is 11.7. The van der Waals surface area contributed by atoms with E-state index in [1.807, 2.05) is 25.1 Å². The first-order valence-corrected chi connectivity index (χ1v) is 10.3. The first kappa shape index (κ1) is 19.6. The fraction of sp³-hybridized carbons (Fsp3) is 0.429. The third kappa shape index (κ3) is 5.91. The van der Waals surface area contributed by atoms with E-state index in [-0.39, 0.29) is 18.4 Å². The third-order valence-electron chi connectivity index (χ3n) is 5.05. The minimum absolute atomic E-state index is 0.0182. The molecule has 1 aromatic heterocycles. The molecule has 0 aliphatic carbocycles. The SMILES string of the molecule is Cc1ccccc1C(=O)NCC(=O)NCC1CCN(Cc2cccs2)CC1. The summed E-state index contributed by atoms with van der Waals surface area (Å²) in [5.41, 5.74) is 1.52. The van der Waals surface area contributed by atoms with Gasteiger partial charge in [0.25, 0.3) is 5.91 Å². The average molecular weight is 386 g/mol. The van der Waals surface area contributed by atoms with E-state index < -0.39 is 0 Å². The highest BCUT2D eigenvalue weighted by molar-refractivity contribution is 7.09. The number of likely N-dealkylation sites (tertiary alicyclic amines) is 1. The number of piperidine rings is 1. The Morgan fingerprint density at radius 1 is 1.11 bits per heavy atom. The van der Waals surface area contributed by atoms with Crippen LogP contribution in [-0.4, -0.2) is 42.9 Å². The molecule has 0 unspecified atom stereocenters. The highest BCUT2D eigenvalue weighted by Crippen LogP contribution is 2.20. The van der Waals surface area contributed by atoms with Gasteiger partial charge in [-0.15, -0.1) is 11.3 Å². The molecule has 1 fully saturated rings. The molecular formula is C21H27N3O2S. The lowest BCUT2D eigenvalue weighted by atomic mass is 9.97. The molecule has 0 radical (unpaired) electrons. The van der Waals surface area contributed by atoms with E-state index in [4.69, 9.17) is 0 Å². The van der Waals surface area contributed by atoms with Crippen molar-refractivity contribution in [1.29, 1.82) is 0 Å². The van der Waals surface area contributed by atoms with E-state index in [1.54, 1.807) is 17.4 Å². The van der Waals surface area contributed by atoms with Crippen LogP contribution in [0.5, 0.6) is 0 Å². The maximum absolute atomic E-state index is 12.1. The Morgan fingerprint density at radius 2 is 1.89 bits per heavy atom. The number of benzene rings is 1. The fourth-order valence-corrected chi connectivity index (χ4v) is 4.12. The van der Waals surface area contributed by atoms with Crippen LogP contribution in [0.25, 0.3) is 0 Å². The van der Waals surface area contributed by atoms with Crippen molar-refractivity contribution in [3.8, 4) is 0 Å². The summed E-state index contributed by atoms with van der Waals surface area (Å²) in [7, 11) is 0. The van der Waals surface area contributed by atoms with Crippen molar-refractivity contribution in [3.63, 3.8) is 0 Å². The molecule has 0 spiro atoms. The van der Waals surface area contributed by atoms with Gasteiger partial charge >= 0.3 is 0 Å². The zero-order valence-corrected chi connectivity index (χ0v) is 16.6. The molecule has 144 valence electrons. The first-order valence-electron chi connectivity index (χ1n) is 9.47. The lowest BCUT2D eigenvalue weighted by molar-refractivity contribution is -0.120. The van der Waals surface area contributed by atoms with Crippen molar-refractivity contribution in [2.75, 3.05) is 26.2 Å². The van der Waals surface area contributed by atoms with Gasteiger partial charge in [-0.2, -0.15) is 0 Å². The number of thiophene rings is 1. The average Bonchev–Trinajstić information content (AvgIpc) is 3.19. The van der Waals surface area contributed by atoms with Gasteiger partial charge in [0.05, 0.1) is 6.54 Å². The smallest absolute Gasteiger partial charge is 0.251 e. The van der Waals surface area contributed by atoms with E-state index in [0.717, 1.165) is 38.0 Å². The van der Waals surface area contributed by atoms with Crippen molar-refractivity contribution in [2.24, 2.45) is 5.92 Å². The normalized spacial score (nSPS) is 15.4. The van der Waals surface area contributed by atoms with E-state index in [2.05, 4.69) is 33.0 Å². The molecule has 2 N–H and O–H groups in total. The van der Waals surface area contributed by atoms with Crippen LogP contribution < -0.4 is 10.6 Å². The minimum atomic E-state index is -0.204. The van der Waals surface area contributed by atoms with Crippen molar-refractivity contribution in [3.05, 3.63) is 57.8 Å². The molecule has 1 saturated heterocycles. The summed E-state index contributed by atoms with van der Waals surface area (Å²) in [5.74, 6) is 0.184. The summed E-state index contributed by atoms with van der Waals surface area (Å²) >= 11 is 1.81. The molecule has 2 heterocycles. The number of hydrogen-bond donors (Lipinski definition) is 2. The molecule has 1 aliphatic heterocycles. The molecule has 1 aromatic carbocycles. The number of carbonyl (C=O) groups excluding carboxylic acids is 2. The maximum atomic E-state index is 12.1. The Bertz CT molecular complexity index is 753. The molecule has 2 amide bonds. The number of nitrogens with one attached hydrogen (secondary N) is 2. The van der Waals surface area contributed by atoms with Gasteiger partial charge in [0.2, 0.25) is 5.91 Å². The maximum Gasteiger partial charge on any atom is 0.251 e. The van der Waals surface area contributed by atoms with Crippen LogP contribution in [0.2, 0.25) is 0 Å². The first-order chi connectivity index (χ1) is 13.1. The largest absolute Gasteiger partial charge is 0.354 e.